The number of halogens is 1. The molecule has 6 nitrogen and oxygen atoms in total. The summed E-state index contributed by atoms with van der Waals surface area (Å²) in [6.07, 6.45) is 0. The Labute approximate surface area is 171 Å². The number of hydrogen-bond acceptors (Lipinski definition) is 5. The van der Waals surface area contributed by atoms with Crippen molar-refractivity contribution in [2.75, 3.05) is 17.7 Å². The number of rotatable bonds is 4. The van der Waals surface area contributed by atoms with E-state index >= 15 is 0 Å². The van der Waals surface area contributed by atoms with E-state index in [-0.39, 0.29) is 0 Å². The molecule has 0 bridgehead atoms. The van der Waals surface area contributed by atoms with Crippen molar-refractivity contribution in [2.24, 2.45) is 0 Å². The van der Waals surface area contributed by atoms with E-state index < -0.39 is 5.97 Å². The van der Waals surface area contributed by atoms with Gasteiger partial charge in [0.2, 0.25) is 0 Å². The van der Waals surface area contributed by atoms with Crippen LogP contribution in [-0.4, -0.2) is 28.0 Å². The van der Waals surface area contributed by atoms with E-state index in [1.807, 2.05) is 43.7 Å². The van der Waals surface area contributed by atoms with Gasteiger partial charge in [0.15, 0.2) is 5.11 Å². The number of carbonyl (C=O) groups is 1. The molecule has 0 amide bonds. The highest BCUT2D eigenvalue weighted by Crippen LogP contribution is 2.37. The van der Waals surface area contributed by atoms with Crippen molar-refractivity contribution in [1.29, 1.82) is 0 Å². The van der Waals surface area contributed by atoms with Gasteiger partial charge in [-0.1, -0.05) is 11.6 Å². The number of thiocarbonyl (C=S) groups is 1. The Kier molecular flexibility index (Phi) is 5.69. The third-order valence-electron chi connectivity index (χ3n) is 4.18. The molecule has 1 aromatic carbocycles. The van der Waals surface area contributed by atoms with Gasteiger partial charge < -0.3 is 15.4 Å². The van der Waals surface area contributed by atoms with E-state index in [9.17, 15) is 4.79 Å². The number of anilines is 2. The quantitative estimate of drug-likeness (QED) is 0.456. The van der Waals surface area contributed by atoms with E-state index in [1.54, 1.807) is 0 Å². The minimum Gasteiger partial charge on any atom is -0.465 e. The Hall–Kier alpha value is -2.16. The van der Waals surface area contributed by atoms with Crippen LogP contribution in [-0.2, 0) is 11.3 Å². The number of methoxy groups -OCH3 is 1. The average molecular weight is 423 g/mol. The first-order valence-corrected chi connectivity index (χ1v) is 9.88. The molecule has 0 unspecified atom stereocenters. The second-order valence-corrected chi connectivity index (χ2v) is 7.73. The maximum Gasteiger partial charge on any atom is 0.349 e. The van der Waals surface area contributed by atoms with Crippen molar-refractivity contribution in [2.45, 2.75) is 27.3 Å². The molecule has 0 saturated heterocycles. The molecule has 2 N–H and O–H groups in total. The molecule has 2 heterocycles. The van der Waals surface area contributed by atoms with Gasteiger partial charge in [-0.25, -0.2) is 4.79 Å². The van der Waals surface area contributed by atoms with Gasteiger partial charge in [0.05, 0.1) is 29.2 Å². The number of aryl methyl sites for hydroxylation is 2. The number of ether oxygens (including phenoxy) is 1. The summed E-state index contributed by atoms with van der Waals surface area (Å²) >= 11 is 13.0. The van der Waals surface area contributed by atoms with Gasteiger partial charge >= 0.3 is 5.97 Å². The molecule has 3 rings (SSSR count). The molecule has 0 radical (unpaired) electrons. The molecule has 2 aromatic heterocycles. The van der Waals surface area contributed by atoms with Gasteiger partial charge in [-0.05, 0) is 51.2 Å². The molecule has 3 aromatic rings. The smallest absolute Gasteiger partial charge is 0.349 e. The third kappa shape index (κ3) is 3.78. The first-order chi connectivity index (χ1) is 12.8. The number of aromatic nitrogens is 2. The summed E-state index contributed by atoms with van der Waals surface area (Å²) in [7, 11) is 1.34. The fourth-order valence-electron chi connectivity index (χ4n) is 2.83. The van der Waals surface area contributed by atoms with E-state index in [0.717, 1.165) is 39.4 Å². The molecule has 0 aliphatic heterocycles. The fourth-order valence-corrected chi connectivity index (χ4v) is 4.51. The second-order valence-electron chi connectivity index (χ2n) is 5.89. The maximum atomic E-state index is 11.8. The zero-order valence-corrected chi connectivity index (χ0v) is 17.7. The predicted molar refractivity (Wildman–Crippen MR) is 115 cm³/mol. The van der Waals surface area contributed by atoms with Crippen molar-refractivity contribution < 1.29 is 9.53 Å². The highest BCUT2D eigenvalue weighted by molar-refractivity contribution is 7.80. The van der Waals surface area contributed by atoms with Crippen molar-refractivity contribution >= 4 is 67.7 Å². The number of carbonyl (C=O) groups excluding carboxylic acids is 1. The van der Waals surface area contributed by atoms with E-state index in [1.165, 1.54) is 18.4 Å². The zero-order chi connectivity index (χ0) is 19.7. The van der Waals surface area contributed by atoms with Crippen LogP contribution < -0.4 is 10.6 Å². The lowest BCUT2D eigenvalue weighted by atomic mass is 10.2. The Morgan fingerprint density at radius 1 is 1.37 bits per heavy atom. The molecule has 0 aliphatic rings. The minimum absolute atomic E-state index is 0.394. The van der Waals surface area contributed by atoms with Crippen LogP contribution in [0.2, 0.25) is 5.02 Å². The van der Waals surface area contributed by atoms with Crippen LogP contribution in [0.1, 0.15) is 28.0 Å². The van der Waals surface area contributed by atoms with Crippen LogP contribution in [0.25, 0.3) is 10.1 Å². The van der Waals surface area contributed by atoms with Gasteiger partial charge in [0.1, 0.15) is 4.88 Å². The molecular weight excluding hydrogens is 404 g/mol. The van der Waals surface area contributed by atoms with E-state index in [2.05, 4.69) is 15.7 Å². The lowest BCUT2D eigenvalue weighted by Gasteiger charge is -2.11. The molecule has 0 atom stereocenters. The maximum absolute atomic E-state index is 11.8. The van der Waals surface area contributed by atoms with Crippen LogP contribution in [0.4, 0.5) is 11.4 Å². The predicted octanol–water partition coefficient (Wildman–Crippen LogP) is 4.98. The first kappa shape index (κ1) is 19.6. The van der Waals surface area contributed by atoms with Crippen molar-refractivity contribution in [3.63, 3.8) is 0 Å². The van der Waals surface area contributed by atoms with Crippen molar-refractivity contribution in [1.82, 2.24) is 9.78 Å². The van der Waals surface area contributed by atoms with Gasteiger partial charge in [-0.15, -0.1) is 11.3 Å². The van der Waals surface area contributed by atoms with Gasteiger partial charge in [0.25, 0.3) is 0 Å². The third-order valence-corrected chi connectivity index (χ3v) is 6.02. The lowest BCUT2D eigenvalue weighted by molar-refractivity contribution is 0.0606. The molecule has 0 saturated carbocycles. The number of fused-ring (bicyclic) bond motifs is 1. The van der Waals surface area contributed by atoms with Crippen molar-refractivity contribution in [3.05, 3.63) is 39.5 Å². The summed E-state index contributed by atoms with van der Waals surface area (Å²) in [5, 5.41) is 12.5. The van der Waals surface area contributed by atoms with Gasteiger partial charge in [-0.3, -0.25) is 4.68 Å². The Morgan fingerprint density at radius 2 is 2.11 bits per heavy atom. The highest BCUT2D eigenvalue weighted by atomic mass is 35.5. The van der Waals surface area contributed by atoms with Crippen molar-refractivity contribution in [3.8, 4) is 0 Å². The number of thiophene rings is 1. The average Bonchev–Trinajstić information content (AvgIpc) is 3.11. The summed E-state index contributed by atoms with van der Waals surface area (Å²) in [6, 6.07) is 5.63. The SMILES string of the molecule is CCn1nc(C)c(NC(=S)Nc2ccc3c(Cl)c(C(=O)OC)sc3c2)c1C. The van der Waals surface area contributed by atoms with Gasteiger partial charge in [0, 0.05) is 22.3 Å². The number of nitrogens with one attached hydrogen (secondary N) is 2. The minimum atomic E-state index is -0.438. The molecule has 9 heteroatoms. The van der Waals surface area contributed by atoms with E-state index in [0.29, 0.717) is 15.0 Å². The monoisotopic (exact) mass is 422 g/mol. The summed E-state index contributed by atoms with van der Waals surface area (Å²) in [5.41, 5.74) is 3.62. The van der Waals surface area contributed by atoms with E-state index in [4.69, 9.17) is 28.6 Å². The molecule has 0 fully saturated rings. The summed E-state index contributed by atoms with van der Waals surface area (Å²) in [6.45, 7) is 6.79. The topological polar surface area (TPSA) is 68.2 Å². The van der Waals surface area contributed by atoms with Crippen LogP contribution in [0.15, 0.2) is 18.2 Å². The number of hydrogen-bond donors (Lipinski definition) is 2. The molecule has 142 valence electrons. The van der Waals surface area contributed by atoms with Crippen LogP contribution >= 0.6 is 35.2 Å². The Bertz CT molecular complexity index is 1040. The normalized spacial score (nSPS) is 10.9. The van der Waals surface area contributed by atoms with Crippen LogP contribution in [0, 0.1) is 13.8 Å². The molecule has 0 aliphatic carbocycles. The molecule has 0 spiro atoms. The van der Waals surface area contributed by atoms with Gasteiger partial charge in [-0.2, -0.15) is 5.10 Å². The van der Waals surface area contributed by atoms with Crippen LogP contribution in [0.3, 0.4) is 0 Å². The summed E-state index contributed by atoms with van der Waals surface area (Å²) < 4.78 is 7.57. The second kappa shape index (κ2) is 7.84. The molecular formula is C18H19ClN4O2S2. The first-order valence-electron chi connectivity index (χ1n) is 8.28. The largest absolute Gasteiger partial charge is 0.465 e. The summed E-state index contributed by atoms with van der Waals surface area (Å²) in [4.78, 5) is 12.2. The highest BCUT2D eigenvalue weighted by Gasteiger charge is 2.18. The number of nitrogens with zero attached hydrogens (tertiary/aromatic N) is 2. The number of esters is 1. The standard InChI is InChI=1S/C18H19ClN4O2S2/c1-5-23-10(3)15(9(2)22-23)21-18(26)20-11-6-7-12-13(8-11)27-16(14(12)19)17(24)25-4/h6-8H,5H2,1-4H3,(H2,20,21,26). The fraction of sp³-hybridized carbons (Fsp3) is 0.278. The Balaban J connectivity index is 1.81. The Morgan fingerprint density at radius 3 is 2.74 bits per heavy atom. The zero-order valence-electron chi connectivity index (χ0n) is 15.3. The lowest BCUT2D eigenvalue weighted by Crippen LogP contribution is -2.19. The van der Waals surface area contributed by atoms with Crippen LogP contribution in [0.5, 0.6) is 0 Å². The molecule has 27 heavy (non-hydrogen) atoms. The summed E-state index contributed by atoms with van der Waals surface area (Å²) in [5.74, 6) is -0.438. The number of benzene rings is 1.